The zero-order valence-electron chi connectivity index (χ0n) is 11.0. The van der Waals surface area contributed by atoms with Gasteiger partial charge in [0.05, 0.1) is 4.92 Å². The van der Waals surface area contributed by atoms with E-state index in [9.17, 15) is 14.9 Å². The summed E-state index contributed by atoms with van der Waals surface area (Å²) >= 11 is 0. The fourth-order valence-corrected chi connectivity index (χ4v) is 2.42. The third kappa shape index (κ3) is 3.38. The van der Waals surface area contributed by atoms with Gasteiger partial charge in [-0.25, -0.2) is 0 Å². The van der Waals surface area contributed by atoms with Crippen molar-refractivity contribution in [3.8, 4) is 0 Å². The fourth-order valence-electron chi connectivity index (χ4n) is 2.42. The molecule has 2 rings (SSSR count). The lowest BCUT2D eigenvalue weighted by molar-refractivity contribution is -0.385. The van der Waals surface area contributed by atoms with Gasteiger partial charge in [-0.3, -0.25) is 14.9 Å². The van der Waals surface area contributed by atoms with Crippen molar-refractivity contribution in [3.05, 3.63) is 39.4 Å². The summed E-state index contributed by atoms with van der Waals surface area (Å²) in [7, 11) is 0. The number of hydrogen-bond acceptors (Lipinski definition) is 4. The summed E-state index contributed by atoms with van der Waals surface area (Å²) in [6.07, 6.45) is 3.71. The number of nitro benzene ring substituents is 1. The molecule has 0 saturated carbocycles. The number of nitrogens with one attached hydrogen (secondary N) is 1. The maximum absolute atomic E-state index is 12.1. The van der Waals surface area contributed by atoms with Gasteiger partial charge in [-0.05, 0) is 26.3 Å². The second-order valence-electron chi connectivity index (χ2n) is 5.03. The summed E-state index contributed by atoms with van der Waals surface area (Å²) in [6.45, 7) is 2.63. The second kappa shape index (κ2) is 5.93. The zero-order valence-corrected chi connectivity index (χ0v) is 11.0. The number of ketones is 1. The Morgan fingerprint density at radius 1 is 1.47 bits per heavy atom. The fraction of sp³-hybridized carbons (Fsp3) is 0.500. The van der Waals surface area contributed by atoms with Crippen LogP contribution in [0.2, 0.25) is 0 Å². The molecule has 1 fully saturated rings. The standard InChI is InChI=1S/C14H18N2O3/c1-10-5-6-11(8-13(10)16(18)19)14(17)9-12-4-2-3-7-15-12/h5-6,8,12,15H,2-4,7,9H2,1H3. The summed E-state index contributed by atoms with van der Waals surface area (Å²) < 4.78 is 0. The number of rotatable bonds is 4. The van der Waals surface area contributed by atoms with Crippen molar-refractivity contribution < 1.29 is 9.72 Å². The minimum atomic E-state index is -0.440. The molecule has 1 aromatic carbocycles. The van der Waals surface area contributed by atoms with E-state index in [1.807, 2.05) is 0 Å². The molecule has 1 saturated heterocycles. The SMILES string of the molecule is Cc1ccc(C(=O)CC2CCCCN2)cc1[N+](=O)[O-]. The molecule has 5 heteroatoms. The van der Waals surface area contributed by atoms with Crippen molar-refractivity contribution in [3.63, 3.8) is 0 Å². The topological polar surface area (TPSA) is 72.2 Å². The lowest BCUT2D eigenvalue weighted by atomic mass is 9.96. The van der Waals surface area contributed by atoms with E-state index in [1.54, 1.807) is 19.1 Å². The molecule has 1 aliphatic rings. The Bertz CT molecular complexity index is 493. The van der Waals surface area contributed by atoms with Crippen molar-refractivity contribution in [2.24, 2.45) is 0 Å². The number of nitro groups is 1. The average Bonchev–Trinajstić information content (AvgIpc) is 2.40. The van der Waals surface area contributed by atoms with Gasteiger partial charge >= 0.3 is 0 Å². The number of carbonyl (C=O) groups is 1. The van der Waals surface area contributed by atoms with Gasteiger partial charge in [-0.2, -0.15) is 0 Å². The van der Waals surface area contributed by atoms with Crippen molar-refractivity contribution in [2.75, 3.05) is 6.54 Å². The number of aryl methyl sites for hydroxylation is 1. The Balaban J connectivity index is 2.10. The van der Waals surface area contributed by atoms with E-state index >= 15 is 0 Å². The van der Waals surface area contributed by atoms with Crippen LogP contribution >= 0.6 is 0 Å². The lowest BCUT2D eigenvalue weighted by Gasteiger charge is -2.22. The summed E-state index contributed by atoms with van der Waals surface area (Å²) in [5, 5.41) is 14.2. The number of nitrogens with zero attached hydrogens (tertiary/aromatic N) is 1. The number of hydrogen-bond donors (Lipinski definition) is 1. The minimum Gasteiger partial charge on any atom is -0.314 e. The molecule has 1 aliphatic heterocycles. The van der Waals surface area contributed by atoms with Crippen LogP contribution in [0.15, 0.2) is 18.2 Å². The monoisotopic (exact) mass is 262 g/mol. The van der Waals surface area contributed by atoms with E-state index in [0.29, 0.717) is 17.5 Å². The Labute approximate surface area is 112 Å². The molecule has 0 bridgehead atoms. The molecular weight excluding hydrogens is 244 g/mol. The van der Waals surface area contributed by atoms with Gasteiger partial charge in [0, 0.05) is 29.7 Å². The maximum Gasteiger partial charge on any atom is 0.273 e. The third-order valence-electron chi connectivity index (χ3n) is 3.57. The van der Waals surface area contributed by atoms with Crippen LogP contribution in [0.5, 0.6) is 0 Å². The van der Waals surface area contributed by atoms with Gasteiger partial charge in [-0.15, -0.1) is 0 Å². The minimum absolute atomic E-state index is 0.0162. The molecule has 1 unspecified atom stereocenters. The number of Topliss-reactive ketones (excluding diaryl/α,β-unsaturated/α-hetero) is 1. The number of benzene rings is 1. The smallest absolute Gasteiger partial charge is 0.273 e. The highest BCUT2D eigenvalue weighted by molar-refractivity contribution is 5.97. The summed E-state index contributed by atoms with van der Waals surface area (Å²) in [4.78, 5) is 22.6. The van der Waals surface area contributed by atoms with E-state index in [0.717, 1.165) is 25.8 Å². The summed E-state index contributed by atoms with van der Waals surface area (Å²) in [5.41, 5.74) is 1.03. The van der Waals surface area contributed by atoms with Crippen LogP contribution in [0, 0.1) is 17.0 Å². The van der Waals surface area contributed by atoms with E-state index < -0.39 is 4.92 Å². The van der Waals surface area contributed by atoms with E-state index in [-0.39, 0.29) is 17.5 Å². The Morgan fingerprint density at radius 2 is 2.26 bits per heavy atom. The van der Waals surface area contributed by atoms with Crippen LogP contribution in [-0.4, -0.2) is 23.3 Å². The Morgan fingerprint density at radius 3 is 2.89 bits per heavy atom. The highest BCUT2D eigenvalue weighted by Gasteiger charge is 2.19. The molecule has 0 spiro atoms. The van der Waals surface area contributed by atoms with Crippen LogP contribution < -0.4 is 5.32 Å². The molecule has 1 atom stereocenters. The number of piperidine rings is 1. The van der Waals surface area contributed by atoms with Gasteiger partial charge in [-0.1, -0.05) is 18.6 Å². The molecule has 19 heavy (non-hydrogen) atoms. The van der Waals surface area contributed by atoms with Crippen LogP contribution in [-0.2, 0) is 0 Å². The molecule has 0 amide bonds. The molecular formula is C14H18N2O3. The quantitative estimate of drug-likeness (QED) is 0.514. The molecule has 102 valence electrons. The lowest BCUT2D eigenvalue weighted by Crippen LogP contribution is -2.35. The predicted octanol–water partition coefficient (Wildman–Crippen LogP) is 2.62. The second-order valence-corrected chi connectivity index (χ2v) is 5.03. The van der Waals surface area contributed by atoms with Crippen molar-refractivity contribution in [2.45, 2.75) is 38.6 Å². The van der Waals surface area contributed by atoms with Crippen LogP contribution in [0.1, 0.15) is 41.6 Å². The molecule has 5 nitrogen and oxygen atoms in total. The van der Waals surface area contributed by atoms with Crippen LogP contribution in [0.3, 0.4) is 0 Å². The van der Waals surface area contributed by atoms with Crippen LogP contribution in [0.25, 0.3) is 0 Å². The Kier molecular flexibility index (Phi) is 4.27. The van der Waals surface area contributed by atoms with Gasteiger partial charge in [0.15, 0.2) is 5.78 Å². The van der Waals surface area contributed by atoms with Gasteiger partial charge in [0.25, 0.3) is 5.69 Å². The van der Waals surface area contributed by atoms with Crippen LogP contribution in [0.4, 0.5) is 5.69 Å². The first-order chi connectivity index (χ1) is 9.08. The van der Waals surface area contributed by atoms with Crippen molar-refractivity contribution in [1.82, 2.24) is 5.32 Å². The Hall–Kier alpha value is -1.75. The van der Waals surface area contributed by atoms with Gasteiger partial charge in [0.1, 0.15) is 0 Å². The molecule has 0 aliphatic carbocycles. The first-order valence-corrected chi connectivity index (χ1v) is 6.59. The van der Waals surface area contributed by atoms with E-state index in [4.69, 9.17) is 0 Å². The highest BCUT2D eigenvalue weighted by atomic mass is 16.6. The molecule has 1 N–H and O–H groups in total. The molecule has 1 heterocycles. The predicted molar refractivity (Wildman–Crippen MR) is 72.4 cm³/mol. The van der Waals surface area contributed by atoms with Crippen molar-refractivity contribution in [1.29, 1.82) is 0 Å². The maximum atomic E-state index is 12.1. The first kappa shape index (κ1) is 13.7. The average molecular weight is 262 g/mol. The molecule has 1 aromatic rings. The normalized spacial score (nSPS) is 19.1. The van der Waals surface area contributed by atoms with Crippen molar-refractivity contribution >= 4 is 11.5 Å². The largest absolute Gasteiger partial charge is 0.314 e. The molecule has 0 aromatic heterocycles. The zero-order chi connectivity index (χ0) is 13.8. The first-order valence-electron chi connectivity index (χ1n) is 6.59. The van der Waals surface area contributed by atoms with E-state index in [2.05, 4.69) is 5.32 Å². The summed E-state index contributed by atoms with van der Waals surface area (Å²) in [5.74, 6) is -0.0255. The van der Waals surface area contributed by atoms with E-state index in [1.165, 1.54) is 6.07 Å². The highest BCUT2D eigenvalue weighted by Crippen LogP contribution is 2.21. The third-order valence-corrected chi connectivity index (χ3v) is 3.57. The van der Waals surface area contributed by atoms with Gasteiger partial charge < -0.3 is 5.32 Å². The molecule has 0 radical (unpaired) electrons. The summed E-state index contributed by atoms with van der Waals surface area (Å²) in [6, 6.07) is 4.91. The van der Waals surface area contributed by atoms with Gasteiger partial charge in [0.2, 0.25) is 0 Å². The number of carbonyl (C=O) groups excluding carboxylic acids is 1.